The third-order valence-corrected chi connectivity index (χ3v) is 3.76. The van der Waals surface area contributed by atoms with Crippen LogP contribution in [0, 0.1) is 5.82 Å². The van der Waals surface area contributed by atoms with Crippen molar-refractivity contribution in [3.8, 4) is 0 Å². The Labute approximate surface area is 119 Å². The Bertz CT molecular complexity index is 496. The molecule has 2 heteroatoms. The molecule has 0 bridgehead atoms. The van der Waals surface area contributed by atoms with Gasteiger partial charge >= 0.3 is 0 Å². The van der Waals surface area contributed by atoms with Crippen LogP contribution in [-0.4, -0.2) is 5.88 Å². The van der Waals surface area contributed by atoms with Crippen molar-refractivity contribution in [3.63, 3.8) is 0 Å². The minimum Gasteiger partial charge on any atom is -0.207 e. The zero-order valence-corrected chi connectivity index (χ0v) is 11.6. The fourth-order valence-electron chi connectivity index (χ4n) is 2.32. The molecule has 0 saturated carbocycles. The van der Waals surface area contributed by atoms with Crippen LogP contribution >= 0.6 is 11.6 Å². The van der Waals surface area contributed by atoms with Crippen LogP contribution in [0.1, 0.15) is 29.9 Å². The molecule has 2 aromatic carbocycles. The van der Waals surface area contributed by atoms with Gasteiger partial charge in [-0.15, -0.1) is 11.6 Å². The third kappa shape index (κ3) is 4.07. The second-order valence-corrected chi connectivity index (χ2v) is 5.06. The second-order valence-electron chi connectivity index (χ2n) is 4.75. The summed E-state index contributed by atoms with van der Waals surface area (Å²) in [6.45, 7) is 0. The molecule has 0 saturated heterocycles. The average molecular weight is 277 g/mol. The minimum atomic E-state index is -0.145. The first-order chi connectivity index (χ1) is 9.31. The molecule has 19 heavy (non-hydrogen) atoms. The van der Waals surface area contributed by atoms with Gasteiger partial charge in [-0.1, -0.05) is 48.5 Å². The van der Waals surface area contributed by atoms with E-state index in [0.717, 1.165) is 24.8 Å². The van der Waals surface area contributed by atoms with Crippen molar-refractivity contribution in [2.45, 2.75) is 25.2 Å². The standard InChI is InChI=1S/C17H18ClF/c18-13-15(16-11-4-5-12-17(16)19)10-6-9-14-7-2-1-3-8-14/h1-5,7-8,11-12,15H,6,9-10,13H2. The van der Waals surface area contributed by atoms with Crippen molar-refractivity contribution in [1.29, 1.82) is 0 Å². The Morgan fingerprint density at radius 3 is 2.32 bits per heavy atom. The van der Waals surface area contributed by atoms with Crippen LogP contribution in [0.25, 0.3) is 0 Å². The highest BCUT2D eigenvalue weighted by Gasteiger charge is 2.13. The number of aryl methyl sites for hydroxylation is 1. The van der Waals surface area contributed by atoms with Gasteiger partial charge in [0.1, 0.15) is 5.82 Å². The van der Waals surface area contributed by atoms with E-state index in [1.165, 1.54) is 11.6 Å². The van der Waals surface area contributed by atoms with Crippen molar-refractivity contribution in [3.05, 3.63) is 71.5 Å². The van der Waals surface area contributed by atoms with E-state index in [1.54, 1.807) is 6.07 Å². The summed E-state index contributed by atoms with van der Waals surface area (Å²) in [5, 5.41) is 0. The van der Waals surface area contributed by atoms with E-state index in [1.807, 2.05) is 30.3 Å². The summed E-state index contributed by atoms with van der Waals surface area (Å²) in [7, 11) is 0. The number of alkyl halides is 1. The summed E-state index contributed by atoms with van der Waals surface area (Å²) in [6.07, 6.45) is 2.96. The second kappa shape index (κ2) is 7.30. The van der Waals surface area contributed by atoms with Gasteiger partial charge in [0.2, 0.25) is 0 Å². The highest BCUT2D eigenvalue weighted by Crippen LogP contribution is 2.25. The summed E-state index contributed by atoms with van der Waals surface area (Å²) in [5.74, 6) is 0.426. The van der Waals surface area contributed by atoms with Crippen LogP contribution in [0.2, 0.25) is 0 Å². The van der Waals surface area contributed by atoms with Crippen LogP contribution in [0.5, 0.6) is 0 Å². The number of halogens is 2. The average Bonchev–Trinajstić information content (AvgIpc) is 2.46. The number of benzene rings is 2. The quantitative estimate of drug-likeness (QED) is 0.639. The lowest BCUT2D eigenvalue weighted by molar-refractivity contribution is 0.565. The topological polar surface area (TPSA) is 0 Å². The number of hydrogen-bond acceptors (Lipinski definition) is 0. The summed E-state index contributed by atoms with van der Waals surface area (Å²) in [5.41, 5.74) is 2.06. The van der Waals surface area contributed by atoms with Crippen LogP contribution in [0.4, 0.5) is 4.39 Å². The summed E-state index contributed by atoms with van der Waals surface area (Å²) >= 11 is 5.99. The van der Waals surface area contributed by atoms with Crippen LogP contribution in [0.3, 0.4) is 0 Å². The Hall–Kier alpha value is -1.34. The van der Waals surface area contributed by atoms with E-state index in [-0.39, 0.29) is 11.7 Å². The molecule has 0 spiro atoms. The van der Waals surface area contributed by atoms with Crippen molar-refractivity contribution in [2.75, 3.05) is 5.88 Å². The van der Waals surface area contributed by atoms with Gasteiger partial charge in [-0.05, 0) is 36.5 Å². The van der Waals surface area contributed by atoms with E-state index in [4.69, 9.17) is 11.6 Å². The summed E-state index contributed by atoms with van der Waals surface area (Å²) in [4.78, 5) is 0. The molecular weight excluding hydrogens is 259 g/mol. The Morgan fingerprint density at radius 1 is 0.947 bits per heavy atom. The van der Waals surface area contributed by atoms with Crippen LogP contribution < -0.4 is 0 Å². The smallest absolute Gasteiger partial charge is 0.126 e. The first-order valence-corrected chi connectivity index (χ1v) is 7.19. The summed E-state index contributed by atoms with van der Waals surface area (Å²) < 4.78 is 13.7. The van der Waals surface area contributed by atoms with Gasteiger partial charge in [-0.3, -0.25) is 0 Å². The molecule has 0 aromatic heterocycles. The molecule has 0 fully saturated rings. The van der Waals surface area contributed by atoms with Gasteiger partial charge in [0.25, 0.3) is 0 Å². The van der Waals surface area contributed by atoms with E-state index in [0.29, 0.717) is 5.88 Å². The maximum absolute atomic E-state index is 13.7. The zero-order chi connectivity index (χ0) is 13.5. The number of rotatable bonds is 6. The van der Waals surface area contributed by atoms with E-state index < -0.39 is 0 Å². The molecule has 0 nitrogen and oxygen atoms in total. The maximum Gasteiger partial charge on any atom is 0.126 e. The lowest BCUT2D eigenvalue weighted by Crippen LogP contribution is -2.04. The lowest BCUT2D eigenvalue weighted by Gasteiger charge is -2.15. The van der Waals surface area contributed by atoms with Crippen molar-refractivity contribution >= 4 is 11.6 Å². The minimum absolute atomic E-state index is 0.103. The summed E-state index contributed by atoms with van der Waals surface area (Å²) in [6, 6.07) is 17.3. The highest BCUT2D eigenvalue weighted by atomic mass is 35.5. The van der Waals surface area contributed by atoms with E-state index in [2.05, 4.69) is 12.1 Å². The molecule has 0 radical (unpaired) electrons. The Kier molecular flexibility index (Phi) is 5.41. The molecule has 0 heterocycles. The molecule has 2 aromatic rings. The van der Waals surface area contributed by atoms with Gasteiger partial charge in [-0.2, -0.15) is 0 Å². The molecule has 0 aliphatic carbocycles. The van der Waals surface area contributed by atoms with E-state index >= 15 is 0 Å². The van der Waals surface area contributed by atoms with Crippen LogP contribution in [0.15, 0.2) is 54.6 Å². The molecule has 0 amide bonds. The van der Waals surface area contributed by atoms with E-state index in [9.17, 15) is 4.39 Å². The van der Waals surface area contributed by atoms with Gasteiger partial charge in [0, 0.05) is 11.8 Å². The predicted molar refractivity (Wildman–Crippen MR) is 79.2 cm³/mol. The SMILES string of the molecule is Fc1ccccc1C(CCl)CCCc1ccccc1. The van der Waals surface area contributed by atoms with Gasteiger partial charge in [-0.25, -0.2) is 4.39 Å². The fraction of sp³-hybridized carbons (Fsp3) is 0.294. The van der Waals surface area contributed by atoms with Crippen molar-refractivity contribution < 1.29 is 4.39 Å². The maximum atomic E-state index is 13.7. The normalized spacial score (nSPS) is 12.3. The molecule has 1 unspecified atom stereocenters. The predicted octanol–water partition coefficient (Wildman–Crippen LogP) is 5.17. The molecule has 100 valence electrons. The first kappa shape index (κ1) is 14.1. The number of hydrogen-bond donors (Lipinski definition) is 0. The first-order valence-electron chi connectivity index (χ1n) is 6.65. The molecular formula is C17H18ClF. The highest BCUT2D eigenvalue weighted by molar-refractivity contribution is 6.18. The third-order valence-electron chi connectivity index (χ3n) is 3.39. The van der Waals surface area contributed by atoms with Gasteiger partial charge < -0.3 is 0 Å². The molecule has 0 aliphatic heterocycles. The largest absolute Gasteiger partial charge is 0.207 e. The Balaban J connectivity index is 1.92. The molecule has 1 atom stereocenters. The zero-order valence-electron chi connectivity index (χ0n) is 10.9. The van der Waals surface area contributed by atoms with Crippen molar-refractivity contribution in [2.24, 2.45) is 0 Å². The van der Waals surface area contributed by atoms with Crippen molar-refractivity contribution in [1.82, 2.24) is 0 Å². The molecule has 0 aliphatic rings. The molecule has 0 N–H and O–H groups in total. The molecule has 2 rings (SSSR count). The Morgan fingerprint density at radius 2 is 1.63 bits per heavy atom. The van der Waals surface area contributed by atoms with Crippen LogP contribution in [-0.2, 0) is 6.42 Å². The fourth-order valence-corrected chi connectivity index (χ4v) is 2.64. The lowest BCUT2D eigenvalue weighted by atomic mass is 9.94. The van der Waals surface area contributed by atoms with Gasteiger partial charge in [0.05, 0.1) is 0 Å². The monoisotopic (exact) mass is 276 g/mol. The van der Waals surface area contributed by atoms with Gasteiger partial charge in [0.15, 0.2) is 0 Å².